The number of amides is 2. The van der Waals surface area contributed by atoms with Crippen LogP contribution in [0.4, 0.5) is 0 Å². The summed E-state index contributed by atoms with van der Waals surface area (Å²) in [5, 5.41) is 11.2. The van der Waals surface area contributed by atoms with Crippen LogP contribution in [0.1, 0.15) is 29.6 Å². The van der Waals surface area contributed by atoms with Gasteiger partial charge >= 0.3 is 0 Å². The summed E-state index contributed by atoms with van der Waals surface area (Å²) in [6, 6.07) is 13.8. The SMILES string of the molecule is Cl.O=C(CCNC(=O)c1ccc2ccccc2c1)NC1CCCNC1. The lowest BCUT2D eigenvalue weighted by Crippen LogP contribution is -2.46. The van der Waals surface area contributed by atoms with E-state index in [1.54, 1.807) is 0 Å². The molecule has 1 aliphatic heterocycles. The number of hydrogen-bond donors (Lipinski definition) is 3. The summed E-state index contributed by atoms with van der Waals surface area (Å²) in [5.41, 5.74) is 0.616. The summed E-state index contributed by atoms with van der Waals surface area (Å²) in [6.07, 6.45) is 2.40. The molecule has 5 nitrogen and oxygen atoms in total. The Kier molecular flexibility index (Phi) is 7.22. The van der Waals surface area contributed by atoms with Crippen molar-refractivity contribution in [3.63, 3.8) is 0 Å². The Hall–Kier alpha value is -2.11. The molecule has 1 heterocycles. The van der Waals surface area contributed by atoms with Crippen molar-refractivity contribution in [1.29, 1.82) is 0 Å². The van der Waals surface area contributed by atoms with E-state index in [-0.39, 0.29) is 30.3 Å². The van der Waals surface area contributed by atoms with E-state index >= 15 is 0 Å². The molecular formula is C19H24ClN3O2. The maximum Gasteiger partial charge on any atom is 0.251 e. The molecule has 1 unspecified atom stereocenters. The van der Waals surface area contributed by atoms with Crippen LogP contribution in [-0.2, 0) is 4.79 Å². The van der Waals surface area contributed by atoms with Crippen molar-refractivity contribution in [3.8, 4) is 0 Å². The predicted octanol–water partition coefficient (Wildman–Crippen LogP) is 2.25. The Morgan fingerprint density at radius 1 is 1.12 bits per heavy atom. The fourth-order valence-corrected chi connectivity index (χ4v) is 3.00. The van der Waals surface area contributed by atoms with Gasteiger partial charge in [-0.15, -0.1) is 12.4 Å². The lowest BCUT2D eigenvalue weighted by molar-refractivity contribution is -0.121. The largest absolute Gasteiger partial charge is 0.352 e. The quantitative estimate of drug-likeness (QED) is 0.765. The summed E-state index contributed by atoms with van der Waals surface area (Å²) < 4.78 is 0. The Labute approximate surface area is 154 Å². The second kappa shape index (κ2) is 9.39. The first-order valence-corrected chi connectivity index (χ1v) is 8.49. The van der Waals surface area contributed by atoms with Crippen molar-refractivity contribution in [1.82, 2.24) is 16.0 Å². The number of fused-ring (bicyclic) bond motifs is 1. The number of rotatable bonds is 5. The number of halogens is 1. The summed E-state index contributed by atoms with van der Waals surface area (Å²) in [5.74, 6) is -0.157. The van der Waals surface area contributed by atoms with Crippen molar-refractivity contribution in [3.05, 3.63) is 48.0 Å². The molecule has 3 rings (SSSR count). The van der Waals surface area contributed by atoms with Crippen LogP contribution < -0.4 is 16.0 Å². The summed E-state index contributed by atoms with van der Waals surface area (Å²) in [4.78, 5) is 24.1. The van der Waals surface area contributed by atoms with Gasteiger partial charge in [0.25, 0.3) is 5.91 Å². The van der Waals surface area contributed by atoms with Gasteiger partial charge < -0.3 is 16.0 Å². The molecule has 0 radical (unpaired) electrons. The van der Waals surface area contributed by atoms with Crippen LogP contribution in [0.5, 0.6) is 0 Å². The van der Waals surface area contributed by atoms with Crippen LogP contribution in [0.3, 0.4) is 0 Å². The lowest BCUT2D eigenvalue weighted by Gasteiger charge is -2.23. The number of nitrogens with one attached hydrogen (secondary N) is 3. The van der Waals surface area contributed by atoms with Crippen LogP contribution >= 0.6 is 12.4 Å². The molecule has 1 aliphatic rings. The van der Waals surface area contributed by atoms with E-state index in [1.807, 2.05) is 42.5 Å². The normalized spacial score (nSPS) is 16.7. The van der Waals surface area contributed by atoms with Crippen molar-refractivity contribution >= 4 is 35.0 Å². The molecule has 134 valence electrons. The molecule has 25 heavy (non-hydrogen) atoms. The number of hydrogen-bond acceptors (Lipinski definition) is 3. The van der Waals surface area contributed by atoms with E-state index in [9.17, 15) is 9.59 Å². The molecule has 1 saturated heterocycles. The molecule has 0 saturated carbocycles. The average molecular weight is 362 g/mol. The topological polar surface area (TPSA) is 70.2 Å². The third-order valence-corrected chi connectivity index (χ3v) is 4.31. The van der Waals surface area contributed by atoms with Gasteiger partial charge in [0.15, 0.2) is 0 Å². The highest BCUT2D eigenvalue weighted by Crippen LogP contribution is 2.15. The van der Waals surface area contributed by atoms with E-state index in [0.717, 1.165) is 36.7 Å². The summed E-state index contributed by atoms with van der Waals surface area (Å²) in [6.45, 7) is 2.20. The maximum absolute atomic E-state index is 12.2. The molecule has 0 bridgehead atoms. The summed E-state index contributed by atoms with van der Waals surface area (Å²) in [7, 11) is 0. The minimum Gasteiger partial charge on any atom is -0.352 e. The number of carbonyl (C=O) groups is 2. The monoisotopic (exact) mass is 361 g/mol. The van der Waals surface area contributed by atoms with Gasteiger partial charge in [0.1, 0.15) is 0 Å². The van der Waals surface area contributed by atoms with E-state index in [2.05, 4.69) is 16.0 Å². The average Bonchev–Trinajstić information content (AvgIpc) is 2.62. The predicted molar refractivity (Wildman–Crippen MR) is 102 cm³/mol. The molecule has 2 amide bonds. The van der Waals surface area contributed by atoms with Gasteiger partial charge in [0, 0.05) is 31.1 Å². The van der Waals surface area contributed by atoms with E-state index < -0.39 is 0 Å². The first-order valence-electron chi connectivity index (χ1n) is 8.49. The molecule has 0 spiro atoms. The van der Waals surface area contributed by atoms with Crippen molar-refractivity contribution in [2.75, 3.05) is 19.6 Å². The Bertz CT molecular complexity index is 729. The van der Waals surface area contributed by atoms with Gasteiger partial charge in [-0.2, -0.15) is 0 Å². The Balaban J connectivity index is 0.00000225. The molecule has 1 fully saturated rings. The zero-order chi connectivity index (χ0) is 16.8. The van der Waals surface area contributed by atoms with Gasteiger partial charge in [-0.3, -0.25) is 9.59 Å². The zero-order valence-electron chi connectivity index (χ0n) is 14.1. The fourth-order valence-electron chi connectivity index (χ4n) is 3.00. The first kappa shape index (κ1) is 19.2. The van der Waals surface area contributed by atoms with Crippen LogP contribution in [0.15, 0.2) is 42.5 Å². The minimum atomic E-state index is -0.145. The van der Waals surface area contributed by atoms with E-state index in [0.29, 0.717) is 18.5 Å². The van der Waals surface area contributed by atoms with Crippen molar-refractivity contribution < 1.29 is 9.59 Å². The molecule has 0 aliphatic carbocycles. The zero-order valence-corrected chi connectivity index (χ0v) is 14.9. The fraction of sp³-hybridized carbons (Fsp3) is 0.368. The Morgan fingerprint density at radius 2 is 1.92 bits per heavy atom. The third-order valence-electron chi connectivity index (χ3n) is 4.31. The second-order valence-electron chi connectivity index (χ2n) is 6.18. The smallest absolute Gasteiger partial charge is 0.251 e. The maximum atomic E-state index is 12.2. The number of carbonyl (C=O) groups excluding carboxylic acids is 2. The molecule has 0 aromatic heterocycles. The van der Waals surface area contributed by atoms with Gasteiger partial charge in [-0.1, -0.05) is 30.3 Å². The summed E-state index contributed by atoms with van der Waals surface area (Å²) >= 11 is 0. The van der Waals surface area contributed by atoms with Gasteiger partial charge in [0.2, 0.25) is 5.91 Å². The van der Waals surface area contributed by atoms with Crippen molar-refractivity contribution in [2.45, 2.75) is 25.3 Å². The standard InChI is InChI=1S/C19H23N3O2.ClH/c23-18(22-17-6-3-10-20-13-17)9-11-21-19(24)16-8-7-14-4-1-2-5-15(14)12-16;/h1-2,4-5,7-8,12,17,20H,3,6,9-11,13H2,(H,21,24)(H,22,23);1H. The first-order chi connectivity index (χ1) is 11.7. The molecule has 2 aromatic carbocycles. The van der Waals surface area contributed by atoms with E-state index in [4.69, 9.17) is 0 Å². The van der Waals surface area contributed by atoms with Crippen molar-refractivity contribution in [2.24, 2.45) is 0 Å². The molecule has 1 atom stereocenters. The third kappa shape index (κ3) is 5.44. The van der Waals surface area contributed by atoms with Crippen LogP contribution in [0.2, 0.25) is 0 Å². The minimum absolute atomic E-state index is 0. The molecular weight excluding hydrogens is 338 g/mol. The van der Waals surface area contributed by atoms with Gasteiger partial charge in [-0.05, 0) is 42.3 Å². The highest BCUT2D eigenvalue weighted by molar-refractivity contribution is 5.98. The van der Waals surface area contributed by atoms with Crippen LogP contribution in [0, 0.1) is 0 Å². The van der Waals surface area contributed by atoms with E-state index in [1.165, 1.54) is 0 Å². The van der Waals surface area contributed by atoms with Gasteiger partial charge in [0.05, 0.1) is 0 Å². The highest BCUT2D eigenvalue weighted by atomic mass is 35.5. The molecule has 3 N–H and O–H groups in total. The number of benzene rings is 2. The van der Waals surface area contributed by atoms with Gasteiger partial charge in [-0.25, -0.2) is 0 Å². The Morgan fingerprint density at radius 3 is 2.68 bits per heavy atom. The highest BCUT2D eigenvalue weighted by Gasteiger charge is 2.15. The molecule has 6 heteroatoms. The molecule has 2 aromatic rings. The van der Waals surface area contributed by atoms with Crippen LogP contribution in [0.25, 0.3) is 10.8 Å². The lowest BCUT2D eigenvalue weighted by atomic mass is 10.1. The number of piperidine rings is 1. The second-order valence-corrected chi connectivity index (χ2v) is 6.18. The van der Waals surface area contributed by atoms with Crippen LogP contribution in [-0.4, -0.2) is 37.5 Å².